The van der Waals surface area contributed by atoms with E-state index in [0.717, 1.165) is 12.0 Å². The molecule has 128 valence electrons. The van der Waals surface area contributed by atoms with Crippen molar-refractivity contribution in [2.75, 3.05) is 6.61 Å². The lowest BCUT2D eigenvalue weighted by molar-refractivity contribution is -0.125. The van der Waals surface area contributed by atoms with Crippen LogP contribution in [0.25, 0.3) is 0 Å². The number of aromatic nitrogens is 1. The minimum Gasteiger partial charge on any atom is -0.462 e. The number of carbonyl (C=O) groups excluding carboxylic acids is 2. The van der Waals surface area contributed by atoms with E-state index in [4.69, 9.17) is 10.5 Å². The number of primary amides is 1. The van der Waals surface area contributed by atoms with Gasteiger partial charge in [0.2, 0.25) is 5.91 Å². The third kappa shape index (κ3) is 4.51. The summed E-state index contributed by atoms with van der Waals surface area (Å²) in [5.74, 6) is -0.839. The van der Waals surface area contributed by atoms with Crippen LogP contribution in [0, 0.1) is 5.92 Å². The SMILES string of the molecule is CCOC(=O)c1cc(CC)cnc1CNC(C)(C(N)=O)C(C)C. The van der Waals surface area contributed by atoms with Crippen LogP contribution in [0.5, 0.6) is 0 Å². The standard InChI is InChI=1S/C17H27N3O3/c1-6-12-8-13(15(21)23-7-2)14(19-9-12)10-20-17(5,11(3)4)16(18)22/h8-9,11,20H,6-7,10H2,1-5H3,(H2,18,22). The molecule has 6 heteroatoms. The number of rotatable bonds is 8. The second-order valence-corrected chi connectivity index (χ2v) is 5.99. The van der Waals surface area contributed by atoms with E-state index in [0.29, 0.717) is 17.9 Å². The Balaban J connectivity index is 3.08. The quantitative estimate of drug-likeness (QED) is 0.712. The largest absolute Gasteiger partial charge is 0.462 e. The molecule has 0 saturated carbocycles. The molecule has 6 nitrogen and oxygen atoms in total. The average molecular weight is 321 g/mol. The van der Waals surface area contributed by atoms with Crippen LogP contribution in [0.2, 0.25) is 0 Å². The fraction of sp³-hybridized carbons (Fsp3) is 0.588. The van der Waals surface area contributed by atoms with Crippen molar-refractivity contribution in [1.82, 2.24) is 10.3 Å². The number of aryl methyl sites for hydroxylation is 1. The van der Waals surface area contributed by atoms with Gasteiger partial charge in [0, 0.05) is 12.7 Å². The molecule has 0 saturated heterocycles. The molecule has 0 radical (unpaired) electrons. The van der Waals surface area contributed by atoms with Gasteiger partial charge in [0.1, 0.15) is 0 Å². The summed E-state index contributed by atoms with van der Waals surface area (Å²) in [5, 5.41) is 3.14. The second-order valence-electron chi connectivity index (χ2n) is 5.99. The molecule has 0 aliphatic rings. The molecule has 1 aromatic heterocycles. The van der Waals surface area contributed by atoms with Gasteiger partial charge in [-0.05, 0) is 37.8 Å². The van der Waals surface area contributed by atoms with Gasteiger partial charge >= 0.3 is 5.97 Å². The molecule has 1 aromatic rings. The number of carbonyl (C=O) groups is 2. The fourth-order valence-electron chi connectivity index (χ4n) is 2.10. The highest BCUT2D eigenvalue weighted by molar-refractivity contribution is 5.91. The third-order valence-electron chi connectivity index (χ3n) is 4.22. The minimum atomic E-state index is -0.878. The topological polar surface area (TPSA) is 94.3 Å². The Morgan fingerprint density at radius 3 is 2.52 bits per heavy atom. The Morgan fingerprint density at radius 1 is 1.39 bits per heavy atom. The van der Waals surface area contributed by atoms with Crippen LogP contribution >= 0.6 is 0 Å². The van der Waals surface area contributed by atoms with E-state index in [1.165, 1.54) is 0 Å². The Labute approximate surface area is 137 Å². The van der Waals surface area contributed by atoms with Gasteiger partial charge in [-0.1, -0.05) is 20.8 Å². The molecule has 1 rings (SSSR count). The smallest absolute Gasteiger partial charge is 0.340 e. The molecule has 1 unspecified atom stereocenters. The number of esters is 1. The van der Waals surface area contributed by atoms with E-state index in [-0.39, 0.29) is 12.5 Å². The summed E-state index contributed by atoms with van der Waals surface area (Å²) >= 11 is 0. The number of nitrogens with zero attached hydrogens (tertiary/aromatic N) is 1. The predicted octanol–water partition coefficient (Wildman–Crippen LogP) is 1.81. The van der Waals surface area contributed by atoms with Gasteiger partial charge in [0.05, 0.1) is 23.4 Å². The van der Waals surface area contributed by atoms with Crippen LogP contribution < -0.4 is 11.1 Å². The number of amides is 1. The third-order valence-corrected chi connectivity index (χ3v) is 4.22. The van der Waals surface area contributed by atoms with Crippen molar-refractivity contribution in [2.24, 2.45) is 11.7 Å². The van der Waals surface area contributed by atoms with Crippen LogP contribution in [0.3, 0.4) is 0 Å². The Bertz CT molecular complexity index is 572. The predicted molar refractivity (Wildman–Crippen MR) is 88.8 cm³/mol. The number of ether oxygens (including phenoxy) is 1. The van der Waals surface area contributed by atoms with E-state index in [1.807, 2.05) is 20.8 Å². The molecule has 1 amide bonds. The zero-order valence-electron chi connectivity index (χ0n) is 14.6. The number of nitrogens with one attached hydrogen (secondary N) is 1. The van der Waals surface area contributed by atoms with Gasteiger partial charge in [-0.2, -0.15) is 0 Å². The van der Waals surface area contributed by atoms with E-state index in [1.54, 1.807) is 26.1 Å². The first-order valence-electron chi connectivity index (χ1n) is 7.96. The molecule has 23 heavy (non-hydrogen) atoms. The first-order valence-corrected chi connectivity index (χ1v) is 7.96. The van der Waals surface area contributed by atoms with Crippen molar-refractivity contribution < 1.29 is 14.3 Å². The fourth-order valence-corrected chi connectivity index (χ4v) is 2.10. The molecule has 0 bridgehead atoms. The Morgan fingerprint density at radius 2 is 2.04 bits per heavy atom. The van der Waals surface area contributed by atoms with E-state index < -0.39 is 17.4 Å². The highest BCUT2D eigenvalue weighted by Crippen LogP contribution is 2.18. The monoisotopic (exact) mass is 321 g/mol. The van der Waals surface area contributed by atoms with Crippen LogP contribution in [0.1, 0.15) is 56.2 Å². The summed E-state index contributed by atoms with van der Waals surface area (Å²) in [6.45, 7) is 9.89. The lowest BCUT2D eigenvalue weighted by atomic mass is 9.87. The molecule has 0 spiro atoms. The number of hydrogen-bond acceptors (Lipinski definition) is 5. The normalized spacial score (nSPS) is 13.7. The summed E-state index contributed by atoms with van der Waals surface area (Å²) in [6, 6.07) is 1.79. The number of nitrogens with two attached hydrogens (primary N) is 1. The van der Waals surface area contributed by atoms with E-state index in [9.17, 15) is 9.59 Å². The number of pyridine rings is 1. The summed E-state index contributed by atoms with van der Waals surface area (Å²) in [6.07, 6.45) is 2.51. The van der Waals surface area contributed by atoms with Crippen molar-refractivity contribution >= 4 is 11.9 Å². The van der Waals surface area contributed by atoms with Gasteiger partial charge in [-0.3, -0.25) is 15.1 Å². The zero-order chi connectivity index (χ0) is 17.6. The van der Waals surface area contributed by atoms with Crippen molar-refractivity contribution in [3.63, 3.8) is 0 Å². The van der Waals surface area contributed by atoms with Crippen LogP contribution in [-0.2, 0) is 22.5 Å². The van der Waals surface area contributed by atoms with Crippen LogP contribution in [0.15, 0.2) is 12.3 Å². The molecule has 0 aliphatic heterocycles. The Kier molecular flexibility index (Phi) is 6.69. The van der Waals surface area contributed by atoms with Crippen LogP contribution in [-0.4, -0.2) is 29.0 Å². The lowest BCUT2D eigenvalue weighted by Crippen LogP contribution is -2.56. The van der Waals surface area contributed by atoms with Gasteiger partial charge in [-0.15, -0.1) is 0 Å². The maximum Gasteiger partial charge on any atom is 0.340 e. The molecule has 0 aliphatic carbocycles. The van der Waals surface area contributed by atoms with Crippen molar-refractivity contribution in [2.45, 2.75) is 53.1 Å². The molecule has 3 N–H and O–H groups in total. The molecule has 0 fully saturated rings. The first-order chi connectivity index (χ1) is 10.8. The highest BCUT2D eigenvalue weighted by Gasteiger charge is 2.34. The lowest BCUT2D eigenvalue weighted by Gasteiger charge is -2.31. The van der Waals surface area contributed by atoms with Gasteiger partial charge in [0.25, 0.3) is 0 Å². The van der Waals surface area contributed by atoms with Gasteiger partial charge in [-0.25, -0.2) is 4.79 Å². The number of hydrogen-bond donors (Lipinski definition) is 2. The first kappa shape index (κ1) is 19.1. The molecular weight excluding hydrogens is 294 g/mol. The summed E-state index contributed by atoms with van der Waals surface area (Å²) < 4.78 is 5.10. The van der Waals surface area contributed by atoms with Crippen LogP contribution in [0.4, 0.5) is 0 Å². The van der Waals surface area contributed by atoms with E-state index >= 15 is 0 Å². The van der Waals surface area contributed by atoms with Gasteiger partial charge < -0.3 is 10.5 Å². The van der Waals surface area contributed by atoms with Crippen molar-refractivity contribution in [1.29, 1.82) is 0 Å². The van der Waals surface area contributed by atoms with Crippen molar-refractivity contribution in [3.8, 4) is 0 Å². The summed E-state index contributed by atoms with van der Waals surface area (Å²) in [4.78, 5) is 28.3. The van der Waals surface area contributed by atoms with Gasteiger partial charge in [0.15, 0.2) is 0 Å². The summed E-state index contributed by atoms with van der Waals surface area (Å²) in [7, 11) is 0. The highest BCUT2D eigenvalue weighted by atomic mass is 16.5. The molecule has 1 heterocycles. The Hall–Kier alpha value is -1.95. The summed E-state index contributed by atoms with van der Waals surface area (Å²) in [5.41, 5.74) is 6.57. The maximum absolute atomic E-state index is 12.1. The van der Waals surface area contributed by atoms with Crippen molar-refractivity contribution in [3.05, 3.63) is 29.1 Å². The average Bonchev–Trinajstić information content (AvgIpc) is 2.52. The zero-order valence-corrected chi connectivity index (χ0v) is 14.6. The van der Waals surface area contributed by atoms with E-state index in [2.05, 4.69) is 10.3 Å². The molecular formula is C17H27N3O3. The molecule has 0 aromatic carbocycles. The minimum absolute atomic E-state index is 0.000887. The second kappa shape index (κ2) is 8.06. The maximum atomic E-state index is 12.1. The molecule has 1 atom stereocenters.